The number of aromatic nitrogens is 1. The Balaban J connectivity index is 1.02. The molecule has 8 aromatic carbocycles. The van der Waals surface area contributed by atoms with Crippen LogP contribution in [0.3, 0.4) is 0 Å². The van der Waals surface area contributed by atoms with Gasteiger partial charge in [0.05, 0.1) is 16.7 Å². The van der Waals surface area contributed by atoms with Crippen molar-refractivity contribution in [2.24, 2.45) is 4.99 Å². The van der Waals surface area contributed by atoms with Crippen molar-refractivity contribution in [3.8, 4) is 22.6 Å². The van der Waals surface area contributed by atoms with E-state index in [1.165, 1.54) is 27.1 Å². The van der Waals surface area contributed by atoms with E-state index >= 15 is 0 Å². The molecule has 0 radical (unpaired) electrons. The van der Waals surface area contributed by atoms with Crippen LogP contribution in [0.15, 0.2) is 218 Å². The second-order valence-electron chi connectivity index (χ2n) is 15.6. The molecule has 0 aliphatic carbocycles. The van der Waals surface area contributed by atoms with Crippen LogP contribution >= 0.6 is 0 Å². The van der Waals surface area contributed by atoms with E-state index in [0.717, 1.165) is 84.8 Å². The van der Waals surface area contributed by atoms with Crippen LogP contribution in [0.4, 0.5) is 0 Å². The number of hydrogen-bond donors (Lipinski definition) is 0. The first-order valence-electron chi connectivity index (χ1n) is 21.0. The zero-order valence-corrected chi connectivity index (χ0v) is 35.0. The molecule has 1 atom stereocenters. The Morgan fingerprint density at radius 3 is 2.00 bits per heavy atom. The highest BCUT2D eigenvalue weighted by atomic mass is 16.5. The largest absolute Gasteiger partial charge is 0.481 e. The van der Waals surface area contributed by atoms with Crippen molar-refractivity contribution in [1.82, 2.24) is 4.57 Å². The predicted octanol–water partition coefficient (Wildman–Crippen LogP) is 15.6. The van der Waals surface area contributed by atoms with Crippen LogP contribution in [-0.2, 0) is 0 Å². The Morgan fingerprint density at radius 2 is 1.26 bits per heavy atom. The van der Waals surface area contributed by atoms with Gasteiger partial charge in [0.1, 0.15) is 11.9 Å². The van der Waals surface area contributed by atoms with Crippen molar-refractivity contribution in [2.45, 2.75) is 33.3 Å². The number of hydrogen-bond acceptors (Lipinski definition) is 2. The van der Waals surface area contributed by atoms with Gasteiger partial charge in [-0.2, -0.15) is 0 Å². The second kappa shape index (κ2) is 17.0. The fourth-order valence-corrected chi connectivity index (χ4v) is 8.37. The van der Waals surface area contributed by atoms with E-state index in [2.05, 4.69) is 196 Å². The lowest BCUT2D eigenvalue weighted by Gasteiger charge is -2.18. The second-order valence-corrected chi connectivity index (χ2v) is 15.6. The summed E-state index contributed by atoms with van der Waals surface area (Å²) in [5.41, 5.74) is 15.2. The summed E-state index contributed by atoms with van der Waals surface area (Å²) >= 11 is 0. The Labute approximate surface area is 359 Å². The Hall–Kier alpha value is -7.49. The molecule has 0 N–H and O–H groups in total. The first-order chi connectivity index (χ1) is 29.9. The highest BCUT2D eigenvalue weighted by molar-refractivity contribution is 6.09. The predicted molar refractivity (Wildman–Crippen MR) is 260 cm³/mol. The monoisotopic (exact) mass is 788 g/mol. The molecule has 61 heavy (non-hydrogen) atoms. The maximum atomic E-state index is 6.49. The summed E-state index contributed by atoms with van der Waals surface area (Å²) in [4.78, 5) is 5.30. The molecule has 0 bridgehead atoms. The van der Waals surface area contributed by atoms with Crippen LogP contribution < -0.4 is 4.74 Å². The quantitative estimate of drug-likeness (QED) is 0.0688. The lowest BCUT2D eigenvalue weighted by atomic mass is 9.93. The summed E-state index contributed by atoms with van der Waals surface area (Å²) in [6, 6.07) is 66.5. The number of para-hydroxylation sites is 2. The van der Waals surface area contributed by atoms with Crippen LogP contribution in [0, 0.1) is 6.92 Å². The minimum absolute atomic E-state index is 0.290. The van der Waals surface area contributed by atoms with E-state index in [4.69, 9.17) is 9.73 Å². The number of allylic oxidation sites excluding steroid dienone is 2. The van der Waals surface area contributed by atoms with Gasteiger partial charge in [0.25, 0.3) is 0 Å². The number of nitrogens with zero attached hydrogens (tertiary/aromatic N) is 2. The van der Waals surface area contributed by atoms with Crippen LogP contribution in [0.5, 0.6) is 5.75 Å². The average molecular weight is 789 g/mol. The number of ether oxygens (including phenoxy) is 1. The van der Waals surface area contributed by atoms with Crippen molar-refractivity contribution in [1.29, 1.82) is 0 Å². The molecule has 9 rings (SSSR count). The molecule has 9 aromatic rings. The number of fused-ring (bicyclic) bond motifs is 4. The summed E-state index contributed by atoms with van der Waals surface area (Å²) in [6.45, 7) is 15.1. The number of rotatable bonds is 12. The molecule has 3 heteroatoms. The van der Waals surface area contributed by atoms with Gasteiger partial charge in [-0.25, -0.2) is 0 Å². The van der Waals surface area contributed by atoms with E-state index in [1.54, 1.807) is 0 Å². The SMILES string of the molecule is C=CC(Oc1ccccc1C)c1ccc2c3ccccc3n(-c3ccc(-c4ccc5cc(C(=C)/C(C)=C(\N=C(/CC)c6ccccc6)c6ccccc6)ccc5c4)cc3)c2c1. The van der Waals surface area contributed by atoms with Gasteiger partial charge in [0.15, 0.2) is 0 Å². The molecule has 3 nitrogen and oxygen atoms in total. The molecule has 1 heterocycles. The molecule has 1 unspecified atom stereocenters. The lowest BCUT2D eigenvalue weighted by molar-refractivity contribution is 0.254. The zero-order chi connectivity index (χ0) is 41.9. The topological polar surface area (TPSA) is 26.5 Å². The van der Waals surface area contributed by atoms with Gasteiger partial charge in [-0.15, -0.1) is 0 Å². The van der Waals surface area contributed by atoms with Crippen molar-refractivity contribution in [3.05, 3.63) is 241 Å². The highest BCUT2D eigenvalue weighted by Gasteiger charge is 2.18. The van der Waals surface area contributed by atoms with Gasteiger partial charge in [0.2, 0.25) is 0 Å². The molecule has 296 valence electrons. The molecule has 0 aliphatic rings. The fourth-order valence-electron chi connectivity index (χ4n) is 8.37. The van der Waals surface area contributed by atoms with Crippen LogP contribution in [0.25, 0.3) is 60.7 Å². The van der Waals surface area contributed by atoms with E-state index in [0.29, 0.717) is 0 Å². The molecule has 0 saturated heterocycles. The van der Waals surface area contributed by atoms with Crippen molar-refractivity contribution in [3.63, 3.8) is 0 Å². The summed E-state index contributed by atoms with van der Waals surface area (Å²) in [5.74, 6) is 0.860. The van der Waals surface area contributed by atoms with Crippen molar-refractivity contribution < 1.29 is 4.74 Å². The summed E-state index contributed by atoms with van der Waals surface area (Å²) in [5, 5.41) is 4.76. The molecule has 0 aliphatic heterocycles. The molecule has 0 saturated carbocycles. The molecular formula is C58H48N2O. The normalized spacial score (nSPS) is 12.7. The summed E-state index contributed by atoms with van der Waals surface area (Å²) < 4.78 is 8.85. The van der Waals surface area contributed by atoms with E-state index in [1.807, 2.05) is 36.4 Å². The Kier molecular flexibility index (Phi) is 10.9. The number of benzene rings is 8. The third kappa shape index (κ3) is 7.75. The molecule has 1 aromatic heterocycles. The van der Waals surface area contributed by atoms with Gasteiger partial charge >= 0.3 is 0 Å². The minimum atomic E-state index is -0.290. The van der Waals surface area contributed by atoms with Gasteiger partial charge in [-0.3, -0.25) is 4.99 Å². The number of aryl methyl sites for hydroxylation is 1. The van der Waals surface area contributed by atoms with Crippen molar-refractivity contribution in [2.75, 3.05) is 0 Å². The third-order valence-electron chi connectivity index (χ3n) is 11.8. The first-order valence-corrected chi connectivity index (χ1v) is 21.0. The summed E-state index contributed by atoms with van der Waals surface area (Å²) in [7, 11) is 0. The van der Waals surface area contributed by atoms with E-state index in [-0.39, 0.29) is 6.10 Å². The highest BCUT2D eigenvalue weighted by Crippen LogP contribution is 2.37. The molecular weight excluding hydrogens is 741 g/mol. The molecule has 0 spiro atoms. The van der Waals surface area contributed by atoms with E-state index in [9.17, 15) is 0 Å². The Morgan fingerprint density at radius 1 is 0.623 bits per heavy atom. The molecule has 0 fully saturated rings. The maximum absolute atomic E-state index is 6.49. The van der Waals surface area contributed by atoms with E-state index < -0.39 is 0 Å². The summed E-state index contributed by atoms with van der Waals surface area (Å²) in [6.07, 6.45) is 2.41. The van der Waals surface area contributed by atoms with Gasteiger partial charge in [-0.05, 0) is 124 Å². The van der Waals surface area contributed by atoms with Gasteiger partial charge in [0, 0.05) is 27.7 Å². The van der Waals surface area contributed by atoms with Crippen LogP contribution in [0.1, 0.15) is 54.2 Å². The van der Waals surface area contributed by atoms with Crippen LogP contribution in [0.2, 0.25) is 0 Å². The smallest absolute Gasteiger partial charge is 0.142 e. The lowest BCUT2D eigenvalue weighted by Crippen LogP contribution is -2.05. The standard InChI is InChI=1S/C58H48N2O/c1-6-53(43-19-10-8-11-20-43)59-58(44-21-12-9-13-22-44)41(5)40(4)45-26-27-48-37-46(28-29-47(48)36-45)42-30-33-50(34-31-42)60-54-24-16-15-23-51(54)52-35-32-49(38-55(52)60)56(7-2)61-57-25-17-14-18-39(57)3/h7-38,56H,2,4,6H2,1,3,5H3/b58-41-,59-53+. The molecule has 0 amide bonds. The van der Waals surface area contributed by atoms with Gasteiger partial charge in [-0.1, -0.05) is 166 Å². The van der Waals surface area contributed by atoms with Crippen molar-refractivity contribution >= 4 is 49.6 Å². The maximum Gasteiger partial charge on any atom is 0.142 e. The number of aliphatic imine (C=N–C) groups is 1. The van der Waals surface area contributed by atoms with Crippen LogP contribution in [-0.4, -0.2) is 10.3 Å². The zero-order valence-electron chi connectivity index (χ0n) is 35.0. The minimum Gasteiger partial charge on any atom is -0.481 e. The Bertz CT molecular complexity index is 3130. The van der Waals surface area contributed by atoms with Gasteiger partial charge < -0.3 is 9.30 Å². The average Bonchev–Trinajstić information content (AvgIpc) is 3.65. The first kappa shape index (κ1) is 39.0. The third-order valence-corrected chi connectivity index (χ3v) is 11.8. The fraction of sp³-hybridized carbons (Fsp3) is 0.0862.